The van der Waals surface area contributed by atoms with E-state index in [4.69, 9.17) is 5.73 Å². The van der Waals surface area contributed by atoms with E-state index in [9.17, 15) is 0 Å². The zero-order valence-corrected chi connectivity index (χ0v) is 7.05. The van der Waals surface area contributed by atoms with Crippen LogP contribution in [0.1, 0.15) is 5.56 Å². The summed E-state index contributed by atoms with van der Waals surface area (Å²) in [6.45, 7) is 0.640. The standard InChI is InChI=1S/C7H9N.ClH.Cu/c8-6-7-4-2-1-3-5-7;;/h1-5H,6,8H2;1H;/q;;+1/p-1. The van der Waals surface area contributed by atoms with Crippen molar-refractivity contribution in [3.63, 3.8) is 0 Å². The van der Waals surface area contributed by atoms with Crippen LogP contribution < -0.4 is 18.1 Å². The van der Waals surface area contributed by atoms with Crippen LogP contribution in [0.2, 0.25) is 0 Å². The number of halogens is 1. The Morgan fingerprint density at radius 1 is 1.10 bits per heavy atom. The van der Waals surface area contributed by atoms with Crippen molar-refractivity contribution in [1.82, 2.24) is 0 Å². The molecule has 0 aliphatic carbocycles. The quantitative estimate of drug-likeness (QED) is 0.536. The molecule has 0 atom stereocenters. The summed E-state index contributed by atoms with van der Waals surface area (Å²) >= 11 is 0. The fourth-order valence-electron chi connectivity index (χ4n) is 0.614. The molecule has 0 aliphatic rings. The van der Waals surface area contributed by atoms with Crippen LogP contribution in [-0.2, 0) is 23.6 Å². The van der Waals surface area contributed by atoms with Crippen LogP contribution in [0.5, 0.6) is 0 Å². The summed E-state index contributed by atoms with van der Waals surface area (Å²) in [6, 6.07) is 9.99. The molecular formula is C7H9ClCuN. The monoisotopic (exact) mass is 205 g/mol. The molecule has 0 bridgehead atoms. The van der Waals surface area contributed by atoms with Gasteiger partial charge in [-0.25, -0.2) is 0 Å². The average molecular weight is 206 g/mol. The molecule has 3 heteroatoms. The Bertz CT molecular complexity index is 155. The molecule has 0 aromatic heterocycles. The zero-order chi connectivity index (χ0) is 5.82. The predicted molar refractivity (Wildman–Crippen MR) is 34.3 cm³/mol. The first-order chi connectivity index (χ1) is 3.93. The molecule has 0 fully saturated rings. The summed E-state index contributed by atoms with van der Waals surface area (Å²) in [5.74, 6) is 0. The molecule has 1 aromatic rings. The fraction of sp³-hybridized carbons (Fsp3) is 0.143. The van der Waals surface area contributed by atoms with Gasteiger partial charge in [0, 0.05) is 6.54 Å². The Morgan fingerprint density at radius 2 is 1.60 bits per heavy atom. The van der Waals surface area contributed by atoms with Gasteiger partial charge < -0.3 is 18.1 Å². The normalized spacial score (nSPS) is 7.30. The topological polar surface area (TPSA) is 26.0 Å². The average Bonchev–Trinajstić information content (AvgIpc) is 1.90. The first-order valence-corrected chi connectivity index (χ1v) is 2.67. The predicted octanol–water partition coefficient (Wildman–Crippen LogP) is -1.85. The van der Waals surface area contributed by atoms with E-state index in [2.05, 4.69) is 0 Å². The van der Waals surface area contributed by atoms with Gasteiger partial charge in [0.2, 0.25) is 0 Å². The minimum Gasteiger partial charge on any atom is -1.00 e. The maximum Gasteiger partial charge on any atom is 1.00 e. The summed E-state index contributed by atoms with van der Waals surface area (Å²) in [5.41, 5.74) is 6.54. The number of nitrogens with two attached hydrogens (primary N) is 1. The molecule has 1 nitrogen and oxygen atoms in total. The molecule has 1 rings (SSSR count). The van der Waals surface area contributed by atoms with Gasteiger partial charge in [-0.3, -0.25) is 0 Å². The van der Waals surface area contributed by atoms with E-state index in [0.29, 0.717) is 6.54 Å². The summed E-state index contributed by atoms with van der Waals surface area (Å²) < 4.78 is 0. The van der Waals surface area contributed by atoms with Crippen LogP contribution in [0, 0.1) is 0 Å². The zero-order valence-electron chi connectivity index (χ0n) is 5.35. The van der Waals surface area contributed by atoms with Crippen LogP contribution in [0.15, 0.2) is 30.3 Å². The van der Waals surface area contributed by atoms with Gasteiger partial charge in [0.05, 0.1) is 0 Å². The van der Waals surface area contributed by atoms with Crippen LogP contribution in [-0.4, -0.2) is 0 Å². The fourth-order valence-corrected chi connectivity index (χ4v) is 0.614. The summed E-state index contributed by atoms with van der Waals surface area (Å²) in [5, 5.41) is 0. The third-order valence-corrected chi connectivity index (χ3v) is 1.08. The Hall–Kier alpha value is -0.0105. The van der Waals surface area contributed by atoms with Gasteiger partial charge in [0.1, 0.15) is 0 Å². The van der Waals surface area contributed by atoms with Crippen molar-refractivity contribution in [3.05, 3.63) is 35.9 Å². The molecule has 0 aliphatic heterocycles. The molecule has 1 aromatic carbocycles. The van der Waals surface area contributed by atoms with Crippen LogP contribution >= 0.6 is 0 Å². The molecule has 2 N–H and O–H groups in total. The van der Waals surface area contributed by atoms with Crippen LogP contribution in [0.4, 0.5) is 0 Å². The van der Waals surface area contributed by atoms with Gasteiger partial charge >= 0.3 is 17.1 Å². The van der Waals surface area contributed by atoms with Gasteiger partial charge in [-0.1, -0.05) is 30.3 Å². The minimum atomic E-state index is 0. The molecule has 0 heterocycles. The molecule has 0 spiro atoms. The molecule has 0 unspecified atom stereocenters. The number of hydrogen-bond acceptors (Lipinski definition) is 1. The number of hydrogen-bond donors (Lipinski definition) is 1. The van der Waals surface area contributed by atoms with E-state index in [0.717, 1.165) is 0 Å². The van der Waals surface area contributed by atoms with E-state index >= 15 is 0 Å². The molecule has 10 heavy (non-hydrogen) atoms. The third kappa shape index (κ3) is 3.91. The van der Waals surface area contributed by atoms with Crippen molar-refractivity contribution in [2.45, 2.75) is 6.54 Å². The maximum atomic E-state index is 5.35. The third-order valence-electron chi connectivity index (χ3n) is 1.08. The van der Waals surface area contributed by atoms with Crippen LogP contribution in [0.25, 0.3) is 0 Å². The van der Waals surface area contributed by atoms with Gasteiger partial charge in [0.15, 0.2) is 0 Å². The number of rotatable bonds is 1. The van der Waals surface area contributed by atoms with Gasteiger partial charge in [-0.2, -0.15) is 0 Å². The molecule has 60 valence electrons. The van der Waals surface area contributed by atoms with E-state index in [1.165, 1.54) is 5.56 Å². The second kappa shape index (κ2) is 7.10. The van der Waals surface area contributed by atoms with Crippen molar-refractivity contribution < 1.29 is 29.5 Å². The van der Waals surface area contributed by atoms with Crippen molar-refractivity contribution in [1.29, 1.82) is 0 Å². The Balaban J connectivity index is 0. The SMILES string of the molecule is NCc1ccccc1.[Cl-].[Cu+]. The molecule has 0 radical (unpaired) electrons. The van der Waals surface area contributed by atoms with E-state index in [1.54, 1.807) is 0 Å². The van der Waals surface area contributed by atoms with Crippen molar-refractivity contribution in [2.75, 3.05) is 0 Å². The molecule has 0 saturated heterocycles. The van der Waals surface area contributed by atoms with Crippen molar-refractivity contribution in [3.8, 4) is 0 Å². The maximum absolute atomic E-state index is 5.35. The largest absolute Gasteiger partial charge is 1.00 e. The molecular weight excluding hydrogens is 197 g/mol. The van der Waals surface area contributed by atoms with Gasteiger partial charge in [0.25, 0.3) is 0 Å². The second-order valence-electron chi connectivity index (χ2n) is 1.69. The van der Waals surface area contributed by atoms with Crippen LogP contribution in [0.3, 0.4) is 0 Å². The Morgan fingerprint density at radius 3 is 1.90 bits per heavy atom. The summed E-state index contributed by atoms with van der Waals surface area (Å²) in [6.07, 6.45) is 0. The first-order valence-electron chi connectivity index (χ1n) is 2.67. The van der Waals surface area contributed by atoms with Crippen molar-refractivity contribution >= 4 is 0 Å². The Kier molecular flexibility index (Phi) is 8.98. The summed E-state index contributed by atoms with van der Waals surface area (Å²) in [4.78, 5) is 0. The van der Waals surface area contributed by atoms with E-state index in [-0.39, 0.29) is 29.5 Å². The minimum absolute atomic E-state index is 0. The van der Waals surface area contributed by atoms with E-state index < -0.39 is 0 Å². The smallest absolute Gasteiger partial charge is 1.00 e. The van der Waals surface area contributed by atoms with E-state index in [1.807, 2.05) is 30.3 Å². The first kappa shape index (κ1) is 12.6. The Labute approximate surface area is 77.9 Å². The van der Waals surface area contributed by atoms with Gasteiger partial charge in [-0.05, 0) is 5.56 Å². The van der Waals surface area contributed by atoms with Gasteiger partial charge in [-0.15, -0.1) is 0 Å². The molecule has 0 amide bonds. The summed E-state index contributed by atoms with van der Waals surface area (Å²) in [7, 11) is 0. The second-order valence-corrected chi connectivity index (χ2v) is 1.69. The molecule has 0 saturated carbocycles. The van der Waals surface area contributed by atoms with Crippen molar-refractivity contribution in [2.24, 2.45) is 5.73 Å². The number of benzene rings is 1.